The zero-order chi connectivity index (χ0) is 9.80. The van der Waals surface area contributed by atoms with Gasteiger partial charge in [-0.1, -0.05) is 12.8 Å². The maximum Gasteiger partial charge on any atom is 0.107 e. The van der Waals surface area contributed by atoms with Gasteiger partial charge < -0.3 is 9.52 Å². The van der Waals surface area contributed by atoms with E-state index in [0.717, 1.165) is 18.1 Å². The molecule has 0 aliphatic heterocycles. The summed E-state index contributed by atoms with van der Waals surface area (Å²) in [5, 5.41) is 9.05. The molecule has 1 fully saturated rings. The smallest absolute Gasteiger partial charge is 0.107 e. The molecule has 1 aromatic heterocycles. The zero-order valence-electron chi connectivity index (χ0n) is 8.48. The standard InChI is InChI=1S/C12H18O2/c13-8-7-11(10-4-1-2-5-10)12-6-3-9-14-12/h3,6,9-11,13H,1-2,4-5,7-8H2. The van der Waals surface area contributed by atoms with Crippen LogP contribution in [0.1, 0.15) is 43.8 Å². The summed E-state index contributed by atoms with van der Waals surface area (Å²) in [6, 6.07) is 3.98. The van der Waals surface area contributed by atoms with Gasteiger partial charge in [0, 0.05) is 12.5 Å². The zero-order valence-corrected chi connectivity index (χ0v) is 8.48. The van der Waals surface area contributed by atoms with Gasteiger partial charge >= 0.3 is 0 Å². The van der Waals surface area contributed by atoms with E-state index in [1.165, 1.54) is 25.7 Å². The molecule has 2 heteroatoms. The minimum absolute atomic E-state index is 0.266. The van der Waals surface area contributed by atoms with Crippen molar-refractivity contribution in [3.8, 4) is 0 Å². The monoisotopic (exact) mass is 194 g/mol. The molecule has 0 radical (unpaired) electrons. The molecule has 78 valence electrons. The van der Waals surface area contributed by atoms with Crippen LogP contribution in [-0.2, 0) is 0 Å². The quantitative estimate of drug-likeness (QED) is 0.799. The van der Waals surface area contributed by atoms with Gasteiger partial charge in [0.1, 0.15) is 5.76 Å². The van der Waals surface area contributed by atoms with Crippen molar-refractivity contribution < 1.29 is 9.52 Å². The number of hydrogen-bond donors (Lipinski definition) is 1. The van der Waals surface area contributed by atoms with Crippen LogP contribution in [0.3, 0.4) is 0 Å². The van der Waals surface area contributed by atoms with Crippen LogP contribution in [-0.4, -0.2) is 11.7 Å². The second-order valence-corrected chi connectivity index (χ2v) is 4.18. The molecule has 1 aromatic rings. The first kappa shape index (κ1) is 9.78. The molecule has 1 unspecified atom stereocenters. The van der Waals surface area contributed by atoms with E-state index in [-0.39, 0.29) is 6.61 Å². The van der Waals surface area contributed by atoms with Crippen molar-refractivity contribution in [3.05, 3.63) is 24.2 Å². The van der Waals surface area contributed by atoms with E-state index >= 15 is 0 Å². The molecule has 0 saturated heterocycles. The second kappa shape index (κ2) is 4.65. The number of aliphatic hydroxyl groups excluding tert-OH is 1. The molecule has 1 aliphatic carbocycles. The highest BCUT2D eigenvalue weighted by Gasteiger charge is 2.27. The molecule has 1 saturated carbocycles. The topological polar surface area (TPSA) is 33.4 Å². The summed E-state index contributed by atoms with van der Waals surface area (Å²) < 4.78 is 5.45. The third-order valence-corrected chi connectivity index (χ3v) is 3.32. The average molecular weight is 194 g/mol. The molecular weight excluding hydrogens is 176 g/mol. The van der Waals surface area contributed by atoms with E-state index in [4.69, 9.17) is 9.52 Å². The molecular formula is C12H18O2. The van der Waals surface area contributed by atoms with Crippen LogP contribution in [0.25, 0.3) is 0 Å². The van der Waals surface area contributed by atoms with E-state index in [0.29, 0.717) is 5.92 Å². The van der Waals surface area contributed by atoms with Crippen LogP contribution >= 0.6 is 0 Å². The second-order valence-electron chi connectivity index (χ2n) is 4.18. The minimum atomic E-state index is 0.266. The van der Waals surface area contributed by atoms with Crippen LogP contribution in [0.2, 0.25) is 0 Å². The number of hydrogen-bond acceptors (Lipinski definition) is 2. The van der Waals surface area contributed by atoms with Crippen molar-refractivity contribution in [3.63, 3.8) is 0 Å². The lowest BCUT2D eigenvalue weighted by Gasteiger charge is -2.20. The molecule has 1 aliphatic rings. The Morgan fingerprint density at radius 1 is 1.43 bits per heavy atom. The van der Waals surface area contributed by atoms with Crippen LogP contribution in [0.15, 0.2) is 22.8 Å². The van der Waals surface area contributed by atoms with E-state index < -0.39 is 0 Å². The summed E-state index contributed by atoms with van der Waals surface area (Å²) in [6.07, 6.45) is 7.85. The van der Waals surface area contributed by atoms with Gasteiger partial charge in [-0.25, -0.2) is 0 Å². The Hall–Kier alpha value is -0.760. The van der Waals surface area contributed by atoms with Crippen LogP contribution in [0.5, 0.6) is 0 Å². The fraction of sp³-hybridized carbons (Fsp3) is 0.667. The molecule has 2 nitrogen and oxygen atoms in total. The van der Waals surface area contributed by atoms with Crippen molar-refractivity contribution >= 4 is 0 Å². The number of rotatable bonds is 4. The predicted molar refractivity (Wildman–Crippen MR) is 55.1 cm³/mol. The Morgan fingerprint density at radius 3 is 2.79 bits per heavy atom. The lowest BCUT2D eigenvalue weighted by molar-refractivity contribution is 0.240. The van der Waals surface area contributed by atoms with E-state index in [1.54, 1.807) is 6.26 Å². The van der Waals surface area contributed by atoms with E-state index in [9.17, 15) is 0 Å². The van der Waals surface area contributed by atoms with Crippen LogP contribution in [0.4, 0.5) is 0 Å². The molecule has 0 amide bonds. The maximum absolute atomic E-state index is 9.05. The van der Waals surface area contributed by atoms with E-state index in [2.05, 4.69) is 0 Å². The molecule has 1 N–H and O–H groups in total. The molecule has 1 atom stereocenters. The Kier molecular flexibility index (Phi) is 3.25. The van der Waals surface area contributed by atoms with Gasteiger partial charge in [0.15, 0.2) is 0 Å². The molecule has 1 heterocycles. The van der Waals surface area contributed by atoms with Crippen molar-refractivity contribution in [2.24, 2.45) is 5.92 Å². The first-order valence-corrected chi connectivity index (χ1v) is 5.56. The molecule has 0 aromatic carbocycles. The SMILES string of the molecule is OCCC(c1ccco1)C1CCCC1. The average Bonchev–Trinajstić information content (AvgIpc) is 2.87. The normalized spacial score (nSPS) is 20.1. The fourth-order valence-electron chi connectivity index (χ4n) is 2.61. The minimum Gasteiger partial charge on any atom is -0.469 e. The van der Waals surface area contributed by atoms with Gasteiger partial charge in [0.2, 0.25) is 0 Å². The highest BCUT2D eigenvalue weighted by molar-refractivity contribution is 5.07. The summed E-state index contributed by atoms with van der Waals surface area (Å²) in [7, 11) is 0. The summed E-state index contributed by atoms with van der Waals surface area (Å²) >= 11 is 0. The molecule has 14 heavy (non-hydrogen) atoms. The molecule has 0 bridgehead atoms. The maximum atomic E-state index is 9.05. The van der Waals surface area contributed by atoms with E-state index in [1.807, 2.05) is 12.1 Å². The first-order chi connectivity index (χ1) is 6.92. The van der Waals surface area contributed by atoms with Crippen LogP contribution in [0, 0.1) is 5.92 Å². The van der Waals surface area contributed by atoms with Gasteiger partial charge in [-0.15, -0.1) is 0 Å². The van der Waals surface area contributed by atoms with Gasteiger partial charge in [0.25, 0.3) is 0 Å². The highest BCUT2D eigenvalue weighted by Crippen LogP contribution is 2.39. The summed E-state index contributed by atoms with van der Waals surface area (Å²) in [5.74, 6) is 2.23. The van der Waals surface area contributed by atoms with Gasteiger partial charge in [-0.05, 0) is 37.3 Å². The Morgan fingerprint density at radius 2 is 2.21 bits per heavy atom. The third kappa shape index (κ3) is 2.01. The van der Waals surface area contributed by atoms with Crippen molar-refractivity contribution in [1.82, 2.24) is 0 Å². The summed E-state index contributed by atoms with van der Waals surface area (Å²) in [4.78, 5) is 0. The van der Waals surface area contributed by atoms with Crippen molar-refractivity contribution in [1.29, 1.82) is 0 Å². The largest absolute Gasteiger partial charge is 0.469 e. The number of aliphatic hydroxyl groups is 1. The third-order valence-electron chi connectivity index (χ3n) is 3.32. The Labute approximate surface area is 84.9 Å². The molecule has 0 spiro atoms. The first-order valence-electron chi connectivity index (χ1n) is 5.56. The molecule has 2 rings (SSSR count). The number of furan rings is 1. The van der Waals surface area contributed by atoms with Gasteiger partial charge in [0.05, 0.1) is 6.26 Å². The predicted octanol–water partition coefficient (Wildman–Crippen LogP) is 2.94. The van der Waals surface area contributed by atoms with Gasteiger partial charge in [-0.3, -0.25) is 0 Å². The Balaban J connectivity index is 2.06. The lowest BCUT2D eigenvalue weighted by atomic mass is 9.86. The highest BCUT2D eigenvalue weighted by atomic mass is 16.3. The lowest BCUT2D eigenvalue weighted by Crippen LogP contribution is -2.10. The van der Waals surface area contributed by atoms with Crippen LogP contribution < -0.4 is 0 Å². The Bertz CT molecular complexity index is 247. The summed E-state index contributed by atoms with van der Waals surface area (Å²) in [6.45, 7) is 0.266. The van der Waals surface area contributed by atoms with Gasteiger partial charge in [-0.2, -0.15) is 0 Å². The fourth-order valence-corrected chi connectivity index (χ4v) is 2.61. The van der Waals surface area contributed by atoms with Crippen molar-refractivity contribution in [2.75, 3.05) is 6.61 Å². The van der Waals surface area contributed by atoms with Crippen molar-refractivity contribution in [2.45, 2.75) is 38.0 Å². The summed E-state index contributed by atoms with van der Waals surface area (Å²) in [5.41, 5.74) is 0.